The van der Waals surface area contributed by atoms with Gasteiger partial charge >= 0.3 is 0 Å². The van der Waals surface area contributed by atoms with Gasteiger partial charge in [0.2, 0.25) is 11.8 Å². The summed E-state index contributed by atoms with van der Waals surface area (Å²) in [4.78, 5) is 25.4. The average Bonchev–Trinajstić information content (AvgIpc) is 2.52. The summed E-state index contributed by atoms with van der Waals surface area (Å²) in [7, 11) is 1.54. The van der Waals surface area contributed by atoms with Crippen LogP contribution >= 0.6 is 11.6 Å². The van der Waals surface area contributed by atoms with Crippen LogP contribution in [0.4, 0.5) is 11.4 Å². The Morgan fingerprint density at radius 1 is 1.17 bits per heavy atom. The van der Waals surface area contributed by atoms with Gasteiger partial charge in [-0.15, -0.1) is 0 Å². The Hall–Kier alpha value is -2.53. The van der Waals surface area contributed by atoms with E-state index in [2.05, 4.69) is 5.32 Å². The van der Waals surface area contributed by atoms with E-state index in [1.54, 1.807) is 55.6 Å². The first-order valence-electron chi connectivity index (χ1n) is 6.97. The molecule has 2 aromatic carbocycles. The quantitative estimate of drug-likeness (QED) is 0.913. The summed E-state index contributed by atoms with van der Waals surface area (Å²) in [5, 5.41) is 3.24. The fourth-order valence-electron chi connectivity index (χ4n) is 2.07. The van der Waals surface area contributed by atoms with Gasteiger partial charge in [0.05, 0.1) is 7.11 Å². The molecule has 0 aliphatic heterocycles. The highest BCUT2D eigenvalue weighted by Gasteiger charge is 2.16. The number of hydrogen-bond donors (Lipinski definition) is 1. The van der Waals surface area contributed by atoms with E-state index in [1.165, 1.54) is 11.8 Å². The largest absolute Gasteiger partial charge is 0.497 e. The zero-order valence-corrected chi connectivity index (χ0v) is 13.6. The normalized spacial score (nSPS) is 10.0. The highest BCUT2D eigenvalue weighted by Crippen LogP contribution is 2.21. The molecular weight excluding hydrogens is 316 g/mol. The lowest BCUT2D eigenvalue weighted by atomic mass is 10.2. The molecule has 5 nitrogen and oxygen atoms in total. The van der Waals surface area contributed by atoms with Crippen molar-refractivity contribution in [3.05, 3.63) is 53.6 Å². The number of benzene rings is 2. The van der Waals surface area contributed by atoms with Crippen LogP contribution in [0.2, 0.25) is 5.02 Å². The van der Waals surface area contributed by atoms with Gasteiger partial charge in [0.1, 0.15) is 12.3 Å². The minimum absolute atomic E-state index is 0.102. The Morgan fingerprint density at radius 3 is 2.57 bits per heavy atom. The van der Waals surface area contributed by atoms with Crippen molar-refractivity contribution in [2.24, 2.45) is 0 Å². The molecule has 0 fully saturated rings. The summed E-state index contributed by atoms with van der Waals surface area (Å²) in [6, 6.07) is 13.8. The number of nitrogens with zero attached hydrogens (tertiary/aromatic N) is 1. The van der Waals surface area contributed by atoms with Crippen LogP contribution in [-0.4, -0.2) is 25.5 Å². The Labute approximate surface area is 139 Å². The second kappa shape index (κ2) is 7.65. The predicted octanol–water partition coefficient (Wildman–Crippen LogP) is 3.34. The van der Waals surface area contributed by atoms with Gasteiger partial charge in [0.25, 0.3) is 0 Å². The number of carbonyl (C=O) groups excluding carboxylic acids is 2. The van der Waals surface area contributed by atoms with E-state index in [4.69, 9.17) is 16.3 Å². The smallest absolute Gasteiger partial charge is 0.244 e. The summed E-state index contributed by atoms with van der Waals surface area (Å²) in [5.74, 6) is 0.0637. The van der Waals surface area contributed by atoms with Gasteiger partial charge in [-0.25, -0.2) is 0 Å². The van der Waals surface area contributed by atoms with Crippen molar-refractivity contribution in [1.29, 1.82) is 0 Å². The van der Waals surface area contributed by atoms with Crippen LogP contribution in [0.5, 0.6) is 5.75 Å². The molecule has 23 heavy (non-hydrogen) atoms. The van der Waals surface area contributed by atoms with Crippen molar-refractivity contribution in [2.75, 3.05) is 23.9 Å². The maximum atomic E-state index is 12.2. The number of methoxy groups -OCH3 is 1. The summed E-state index contributed by atoms with van der Waals surface area (Å²) < 4.78 is 5.15. The molecule has 0 aliphatic rings. The molecule has 0 heterocycles. The molecular formula is C17H17ClN2O3. The fraction of sp³-hybridized carbons (Fsp3) is 0.176. The third-order valence-electron chi connectivity index (χ3n) is 3.16. The van der Waals surface area contributed by atoms with Crippen LogP contribution in [0, 0.1) is 0 Å². The van der Waals surface area contributed by atoms with E-state index >= 15 is 0 Å². The van der Waals surface area contributed by atoms with Gasteiger partial charge in [-0.1, -0.05) is 23.7 Å². The Balaban J connectivity index is 2.12. The molecule has 0 bridgehead atoms. The molecule has 1 N–H and O–H groups in total. The maximum Gasteiger partial charge on any atom is 0.244 e. The van der Waals surface area contributed by atoms with Crippen LogP contribution in [0.3, 0.4) is 0 Å². The minimum Gasteiger partial charge on any atom is -0.497 e. The summed E-state index contributed by atoms with van der Waals surface area (Å²) in [6.45, 7) is 1.31. The number of carbonyl (C=O) groups is 2. The third kappa shape index (κ3) is 4.72. The van der Waals surface area contributed by atoms with Crippen molar-refractivity contribution in [3.8, 4) is 5.75 Å². The molecule has 6 heteroatoms. The van der Waals surface area contributed by atoms with Crippen LogP contribution in [0.1, 0.15) is 6.92 Å². The second-order valence-electron chi connectivity index (χ2n) is 4.87. The predicted molar refractivity (Wildman–Crippen MR) is 91.1 cm³/mol. The lowest BCUT2D eigenvalue weighted by Gasteiger charge is -2.21. The maximum absolute atomic E-state index is 12.2. The monoisotopic (exact) mass is 332 g/mol. The fourth-order valence-corrected chi connectivity index (χ4v) is 2.26. The number of anilines is 2. The molecule has 120 valence electrons. The second-order valence-corrected chi connectivity index (χ2v) is 5.30. The van der Waals surface area contributed by atoms with Gasteiger partial charge in [0, 0.05) is 29.4 Å². The Kier molecular flexibility index (Phi) is 5.60. The van der Waals surface area contributed by atoms with Crippen LogP contribution < -0.4 is 15.0 Å². The summed E-state index contributed by atoms with van der Waals surface area (Å²) >= 11 is 5.88. The number of hydrogen-bond acceptors (Lipinski definition) is 3. The van der Waals surface area contributed by atoms with E-state index in [1.807, 2.05) is 0 Å². The standard InChI is InChI=1S/C17H17ClN2O3/c1-12(21)20(15-7-4-8-16(10-15)23-2)11-17(22)19-14-6-3-5-13(18)9-14/h3-10H,11H2,1-2H3,(H,19,22). The number of rotatable bonds is 5. The highest BCUT2D eigenvalue weighted by atomic mass is 35.5. The van der Waals surface area contributed by atoms with Gasteiger partial charge in [-0.3, -0.25) is 9.59 Å². The first kappa shape index (κ1) is 16.8. The molecule has 0 saturated heterocycles. The lowest BCUT2D eigenvalue weighted by molar-refractivity contribution is -0.120. The van der Waals surface area contributed by atoms with Crippen molar-refractivity contribution in [1.82, 2.24) is 0 Å². The molecule has 0 aliphatic carbocycles. The molecule has 0 aromatic heterocycles. The molecule has 0 radical (unpaired) electrons. The van der Waals surface area contributed by atoms with E-state index in [0.29, 0.717) is 22.1 Å². The van der Waals surface area contributed by atoms with Gasteiger partial charge in [-0.2, -0.15) is 0 Å². The average molecular weight is 333 g/mol. The van der Waals surface area contributed by atoms with Crippen LogP contribution in [0.15, 0.2) is 48.5 Å². The minimum atomic E-state index is -0.315. The van der Waals surface area contributed by atoms with Crippen LogP contribution in [-0.2, 0) is 9.59 Å². The van der Waals surface area contributed by atoms with Gasteiger partial charge in [-0.05, 0) is 30.3 Å². The lowest BCUT2D eigenvalue weighted by Crippen LogP contribution is -2.36. The van der Waals surface area contributed by atoms with E-state index in [9.17, 15) is 9.59 Å². The van der Waals surface area contributed by atoms with Crippen molar-refractivity contribution in [2.45, 2.75) is 6.92 Å². The zero-order valence-electron chi connectivity index (χ0n) is 12.9. The molecule has 0 spiro atoms. The number of amides is 2. The molecule has 0 atom stereocenters. The zero-order chi connectivity index (χ0) is 16.8. The first-order chi connectivity index (χ1) is 11.0. The van der Waals surface area contributed by atoms with E-state index < -0.39 is 0 Å². The van der Waals surface area contributed by atoms with Crippen molar-refractivity contribution < 1.29 is 14.3 Å². The number of ether oxygens (including phenoxy) is 1. The van der Waals surface area contributed by atoms with E-state index in [0.717, 1.165) is 0 Å². The third-order valence-corrected chi connectivity index (χ3v) is 3.39. The molecule has 2 aromatic rings. The topological polar surface area (TPSA) is 58.6 Å². The first-order valence-corrected chi connectivity index (χ1v) is 7.35. The number of nitrogens with one attached hydrogen (secondary N) is 1. The van der Waals surface area contributed by atoms with Gasteiger partial charge in [0.15, 0.2) is 0 Å². The van der Waals surface area contributed by atoms with Crippen LogP contribution in [0.25, 0.3) is 0 Å². The molecule has 2 rings (SSSR count). The molecule has 2 amide bonds. The molecule has 0 unspecified atom stereocenters. The summed E-state index contributed by atoms with van der Waals surface area (Å²) in [5.41, 5.74) is 1.18. The highest BCUT2D eigenvalue weighted by molar-refractivity contribution is 6.30. The van der Waals surface area contributed by atoms with Crippen molar-refractivity contribution in [3.63, 3.8) is 0 Å². The Morgan fingerprint density at radius 2 is 1.91 bits per heavy atom. The Bertz CT molecular complexity index is 718. The van der Waals surface area contributed by atoms with Crippen molar-refractivity contribution >= 4 is 34.8 Å². The van der Waals surface area contributed by atoms with Gasteiger partial charge < -0.3 is 15.0 Å². The molecule has 0 saturated carbocycles. The summed E-state index contributed by atoms with van der Waals surface area (Å²) in [6.07, 6.45) is 0. The SMILES string of the molecule is COc1cccc(N(CC(=O)Nc2cccc(Cl)c2)C(C)=O)c1. The van der Waals surface area contributed by atoms with E-state index in [-0.39, 0.29) is 18.4 Å². The number of halogens is 1.